The molecule has 0 atom stereocenters. The molecule has 2 aliphatic rings. The van der Waals surface area contributed by atoms with Gasteiger partial charge in [-0.05, 0) is 24.3 Å². The lowest BCUT2D eigenvalue weighted by Crippen LogP contribution is -2.13. The molecule has 0 radical (unpaired) electrons. The predicted octanol–water partition coefficient (Wildman–Crippen LogP) is 4.12. The first-order valence-corrected chi connectivity index (χ1v) is 7.28. The van der Waals surface area contributed by atoms with Crippen LogP contribution in [0.1, 0.15) is 20.7 Å². The van der Waals surface area contributed by atoms with Gasteiger partial charge in [0.15, 0.2) is 0 Å². The Balaban J connectivity index is 1.86. The minimum atomic E-state index is -0.266. The molecule has 2 heterocycles. The molecule has 0 aromatic heterocycles. The number of carbonyl (C=O) groups excluding carboxylic acids is 2. The Morgan fingerprint density at radius 3 is 1.45 bits per heavy atom. The number of nitrogens with one attached hydrogen (secondary N) is 2. The first kappa shape index (κ1) is 13.4. The number of Topliss-reactive ketones (excluding diaryl/α,β-unsaturated/α-hetero) is 2. The number of ketones is 2. The largest absolute Gasteiger partial charge is 0.349 e. The Bertz CT molecular complexity index is 830. The van der Waals surface area contributed by atoms with Crippen LogP contribution in [0.25, 0.3) is 0 Å². The molecule has 4 rings (SSSR count). The summed E-state index contributed by atoms with van der Waals surface area (Å²) in [5.41, 5.74) is 2.33. The first-order chi connectivity index (χ1) is 10.6. The number of rotatable bonds is 0. The van der Waals surface area contributed by atoms with Crippen molar-refractivity contribution in [1.29, 1.82) is 0 Å². The molecule has 0 saturated heterocycles. The number of hydrogen-bond acceptors (Lipinski definition) is 4. The Labute approximate surface area is 135 Å². The molecule has 2 aromatic rings. The zero-order valence-corrected chi connectivity index (χ0v) is 12.5. The van der Waals surface area contributed by atoms with Crippen LogP contribution in [0.2, 0.25) is 10.0 Å². The molecule has 6 heteroatoms. The van der Waals surface area contributed by atoms with E-state index in [4.69, 9.17) is 23.2 Å². The highest BCUT2D eigenvalue weighted by molar-refractivity contribution is 6.38. The van der Waals surface area contributed by atoms with Crippen molar-refractivity contribution in [1.82, 2.24) is 0 Å². The number of carbonyl (C=O) groups is 2. The van der Waals surface area contributed by atoms with Gasteiger partial charge in [0.25, 0.3) is 0 Å². The minimum Gasteiger partial charge on any atom is -0.349 e. The molecule has 0 spiro atoms. The van der Waals surface area contributed by atoms with E-state index in [0.29, 0.717) is 32.5 Å². The molecule has 0 saturated carbocycles. The van der Waals surface area contributed by atoms with Crippen molar-refractivity contribution in [3.05, 3.63) is 69.0 Å². The summed E-state index contributed by atoms with van der Waals surface area (Å²) in [4.78, 5) is 25.0. The van der Waals surface area contributed by atoms with E-state index in [1.54, 1.807) is 36.4 Å². The second-order valence-corrected chi connectivity index (χ2v) is 5.80. The smallest absolute Gasteiger partial charge is 0.213 e. The van der Waals surface area contributed by atoms with Crippen LogP contribution in [0.15, 0.2) is 47.8 Å². The zero-order valence-electron chi connectivity index (χ0n) is 11.0. The fraction of sp³-hybridized carbons (Fsp3) is 0. The van der Waals surface area contributed by atoms with Gasteiger partial charge in [0.05, 0.1) is 21.4 Å². The molecular formula is C16H8Cl2N2O2. The molecule has 22 heavy (non-hydrogen) atoms. The van der Waals surface area contributed by atoms with Crippen LogP contribution in [-0.4, -0.2) is 11.6 Å². The van der Waals surface area contributed by atoms with Crippen molar-refractivity contribution in [3.63, 3.8) is 0 Å². The number of fused-ring (bicyclic) bond motifs is 2. The number of halogens is 2. The van der Waals surface area contributed by atoms with Gasteiger partial charge in [-0.25, -0.2) is 0 Å². The van der Waals surface area contributed by atoms with Crippen LogP contribution in [0.4, 0.5) is 11.4 Å². The second-order valence-electron chi connectivity index (χ2n) is 4.98. The van der Waals surface area contributed by atoms with Crippen molar-refractivity contribution in [2.24, 2.45) is 0 Å². The SMILES string of the molecule is O=C1/C(=C2\Nc3c(Cl)cccc3C2=O)Nc2c(Cl)cccc21. The molecule has 2 aliphatic heterocycles. The quantitative estimate of drug-likeness (QED) is 0.713. The number of anilines is 2. The standard InChI is InChI=1S/C16H8Cl2N2O2/c17-9-5-1-3-7-11(9)19-13(15(7)21)14-16(22)8-4-2-6-10(18)12(8)20-14/h1-6,19-20H/b14-13+. The van der Waals surface area contributed by atoms with Crippen LogP contribution in [0.3, 0.4) is 0 Å². The summed E-state index contributed by atoms with van der Waals surface area (Å²) in [5.74, 6) is -0.533. The van der Waals surface area contributed by atoms with Gasteiger partial charge >= 0.3 is 0 Å². The van der Waals surface area contributed by atoms with Crippen molar-refractivity contribution in [2.45, 2.75) is 0 Å². The van der Waals surface area contributed by atoms with Gasteiger partial charge < -0.3 is 10.6 Å². The highest BCUT2D eigenvalue weighted by atomic mass is 35.5. The predicted molar refractivity (Wildman–Crippen MR) is 85.8 cm³/mol. The molecule has 0 aliphatic carbocycles. The van der Waals surface area contributed by atoms with Gasteiger partial charge in [-0.1, -0.05) is 35.3 Å². The summed E-state index contributed by atoms with van der Waals surface area (Å²) in [6.07, 6.45) is 0. The molecule has 0 bridgehead atoms. The third-order valence-electron chi connectivity index (χ3n) is 3.72. The maximum Gasteiger partial charge on any atom is 0.213 e. The lowest BCUT2D eigenvalue weighted by Gasteiger charge is -2.05. The highest BCUT2D eigenvalue weighted by Gasteiger charge is 2.36. The van der Waals surface area contributed by atoms with E-state index >= 15 is 0 Å². The maximum atomic E-state index is 12.5. The monoisotopic (exact) mass is 330 g/mol. The lowest BCUT2D eigenvalue weighted by molar-refractivity contribution is 0.101. The Morgan fingerprint density at radius 2 is 1.09 bits per heavy atom. The molecule has 0 amide bonds. The summed E-state index contributed by atoms with van der Waals surface area (Å²) in [6, 6.07) is 10.1. The normalized spacial score (nSPS) is 18.8. The van der Waals surface area contributed by atoms with Crippen molar-refractivity contribution in [2.75, 3.05) is 10.6 Å². The summed E-state index contributed by atoms with van der Waals surface area (Å²) in [7, 11) is 0. The number of hydrogen-bond donors (Lipinski definition) is 2. The van der Waals surface area contributed by atoms with Crippen LogP contribution in [0.5, 0.6) is 0 Å². The third kappa shape index (κ3) is 1.71. The number of benzene rings is 2. The summed E-state index contributed by atoms with van der Waals surface area (Å²) >= 11 is 12.2. The molecular weight excluding hydrogens is 323 g/mol. The lowest BCUT2D eigenvalue weighted by atomic mass is 10.1. The molecule has 2 aromatic carbocycles. The molecule has 0 fully saturated rings. The van der Waals surface area contributed by atoms with Crippen LogP contribution < -0.4 is 10.6 Å². The van der Waals surface area contributed by atoms with Crippen molar-refractivity contribution in [3.8, 4) is 0 Å². The third-order valence-corrected chi connectivity index (χ3v) is 4.35. The van der Waals surface area contributed by atoms with E-state index in [9.17, 15) is 9.59 Å². The summed E-state index contributed by atoms with van der Waals surface area (Å²) in [5, 5.41) is 6.77. The topological polar surface area (TPSA) is 58.2 Å². The van der Waals surface area contributed by atoms with E-state index < -0.39 is 0 Å². The van der Waals surface area contributed by atoms with E-state index in [0.717, 1.165) is 0 Å². The molecule has 0 unspecified atom stereocenters. The Morgan fingerprint density at radius 1 is 0.682 bits per heavy atom. The van der Waals surface area contributed by atoms with Gasteiger partial charge in [-0.15, -0.1) is 0 Å². The van der Waals surface area contributed by atoms with E-state index in [-0.39, 0.29) is 23.0 Å². The summed E-state index contributed by atoms with van der Waals surface area (Å²) < 4.78 is 0. The zero-order chi connectivity index (χ0) is 15.4. The van der Waals surface area contributed by atoms with E-state index in [1.165, 1.54) is 0 Å². The Hall–Kier alpha value is -2.30. The number of para-hydroxylation sites is 2. The fourth-order valence-electron chi connectivity index (χ4n) is 2.67. The van der Waals surface area contributed by atoms with Gasteiger partial charge in [0.2, 0.25) is 11.6 Å². The van der Waals surface area contributed by atoms with Crippen LogP contribution in [0, 0.1) is 0 Å². The van der Waals surface area contributed by atoms with Gasteiger partial charge in [-0.3, -0.25) is 9.59 Å². The van der Waals surface area contributed by atoms with Crippen molar-refractivity contribution >= 4 is 46.1 Å². The summed E-state index contributed by atoms with van der Waals surface area (Å²) in [6.45, 7) is 0. The van der Waals surface area contributed by atoms with E-state index in [2.05, 4.69) is 10.6 Å². The molecule has 108 valence electrons. The van der Waals surface area contributed by atoms with Crippen molar-refractivity contribution < 1.29 is 9.59 Å². The highest BCUT2D eigenvalue weighted by Crippen LogP contribution is 2.40. The minimum absolute atomic E-state index is 0.195. The molecule has 2 N–H and O–H groups in total. The van der Waals surface area contributed by atoms with Gasteiger partial charge in [0, 0.05) is 11.1 Å². The Kier molecular flexibility index (Phi) is 2.79. The van der Waals surface area contributed by atoms with E-state index in [1.807, 2.05) is 0 Å². The number of allylic oxidation sites excluding steroid dienone is 2. The van der Waals surface area contributed by atoms with Crippen LogP contribution in [-0.2, 0) is 0 Å². The fourth-order valence-corrected chi connectivity index (χ4v) is 3.11. The first-order valence-electron chi connectivity index (χ1n) is 6.52. The second kappa shape index (κ2) is 4.60. The van der Waals surface area contributed by atoms with Gasteiger partial charge in [-0.2, -0.15) is 0 Å². The van der Waals surface area contributed by atoms with Crippen LogP contribution >= 0.6 is 23.2 Å². The average molecular weight is 331 g/mol. The molecule has 4 nitrogen and oxygen atoms in total. The maximum absolute atomic E-state index is 12.5. The van der Waals surface area contributed by atoms with Gasteiger partial charge in [0.1, 0.15) is 11.4 Å². The average Bonchev–Trinajstić information content (AvgIpc) is 3.01.